The first-order valence-electron chi connectivity index (χ1n) is 3.94. The lowest BCUT2D eigenvalue weighted by molar-refractivity contribution is -0.139. The van der Waals surface area contributed by atoms with Crippen molar-refractivity contribution >= 4 is 5.97 Å². The van der Waals surface area contributed by atoms with Crippen LogP contribution < -0.4 is 0 Å². The van der Waals surface area contributed by atoms with E-state index in [4.69, 9.17) is 5.11 Å². The van der Waals surface area contributed by atoms with E-state index in [1.807, 2.05) is 13.8 Å². The minimum atomic E-state index is -0.831. The second kappa shape index (κ2) is 2.57. The Morgan fingerprint density at radius 1 is 1.58 bits per heavy atom. The normalized spacial score (nSPS) is 33.2. The van der Waals surface area contributed by atoms with Crippen molar-refractivity contribution in [1.29, 1.82) is 0 Å². The van der Waals surface area contributed by atoms with Crippen molar-refractivity contribution in [2.45, 2.75) is 20.8 Å². The van der Waals surface area contributed by atoms with E-state index in [1.54, 1.807) is 0 Å². The molecule has 0 aromatic heterocycles. The maximum atomic E-state index is 12.4. The molecule has 0 aromatic rings. The van der Waals surface area contributed by atoms with Crippen molar-refractivity contribution in [3.8, 4) is 0 Å². The SMILES string of the molecule is C/C(F)=C/C1C(C(=O)O)C1(C)C. The van der Waals surface area contributed by atoms with Crippen LogP contribution in [0.4, 0.5) is 4.39 Å². The number of carboxylic acid groups (broad SMARTS) is 1. The van der Waals surface area contributed by atoms with Crippen LogP contribution in [0.3, 0.4) is 0 Å². The molecule has 0 saturated heterocycles. The molecule has 0 aliphatic heterocycles. The van der Waals surface area contributed by atoms with Gasteiger partial charge in [0.05, 0.1) is 11.7 Å². The molecular formula is C9H13FO2. The first-order valence-corrected chi connectivity index (χ1v) is 3.94. The monoisotopic (exact) mass is 172 g/mol. The number of hydrogen-bond acceptors (Lipinski definition) is 1. The molecule has 0 heterocycles. The Morgan fingerprint density at radius 3 is 2.33 bits per heavy atom. The Balaban J connectivity index is 2.73. The molecule has 3 heteroatoms. The molecule has 1 aliphatic carbocycles. The molecule has 0 radical (unpaired) electrons. The van der Waals surface area contributed by atoms with Crippen molar-refractivity contribution < 1.29 is 14.3 Å². The van der Waals surface area contributed by atoms with E-state index < -0.39 is 11.9 Å². The van der Waals surface area contributed by atoms with Crippen LogP contribution in [-0.2, 0) is 4.79 Å². The van der Waals surface area contributed by atoms with E-state index in [0.29, 0.717) is 0 Å². The molecule has 1 rings (SSSR count). The maximum Gasteiger partial charge on any atom is 0.307 e. The van der Waals surface area contributed by atoms with Crippen LogP contribution in [0.5, 0.6) is 0 Å². The molecular weight excluding hydrogens is 159 g/mol. The number of hydrogen-bond donors (Lipinski definition) is 1. The summed E-state index contributed by atoms with van der Waals surface area (Å²) in [7, 11) is 0. The zero-order chi connectivity index (χ0) is 9.52. The molecule has 1 aliphatic rings. The molecule has 2 nitrogen and oxygen atoms in total. The summed E-state index contributed by atoms with van der Waals surface area (Å²) in [6.45, 7) is 5.03. The molecule has 1 N–H and O–H groups in total. The first kappa shape index (κ1) is 9.23. The smallest absolute Gasteiger partial charge is 0.307 e. The van der Waals surface area contributed by atoms with Gasteiger partial charge < -0.3 is 5.11 Å². The fourth-order valence-electron chi connectivity index (χ4n) is 1.71. The Morgan fingerprint density at radius 2 is 2.08 bits per heavy atom. The lowest BCUT2D eigenvalue weighted by atomic mass is 10.1. The van der Waals surface area contributed by atoms with Crippen molar-refractivity contribution in [3.63, 3.8) is 0 Å². The average Bonchev–Trinajstić information content (AvgIpc) is 2.32. The van der Waals surface area contributed by atoms with Gasteiger partial charge in [-0.15, -0.1) is 0 Å². The predicted octanol–water partition coefficient (Wildman–Crippen LogP) is 2.22. The summed E-state index contributed by atoms with van der Waals surface area (Å²) in [5.41, 5.74) is -0.279. The number of halogens is 1. The second-order valence-corrected chi connectivity index (χ2v) is 3.92. The van der Waals surface area contributed by atoms with Gasteiger partial charge in [0.25, 0.3) is 0 Å². The Kier molecular flexibility index (Phi) is 1.98. The number of rotatable bonds is 2. The molecule has 68 valence electrons. The molecule has 0 spiro atoms. The van der Waals surface area contributed by atoms with Gasteiger partial charge in [-0.1, -0.05) is 13.8 Å². The highest BCUT2D eigenvalue weighted by Gasteiger charge is 2.60. The maximum absolute atomic E-state index is 12.4. The van der Waals surface area contributed by atoms with E-state index >= 15 is 0 Å². The largest absolute Gasteiger partial charge is 0.481 e. The lowest BCUT2D eigenvalue weighted by Gasteiger charge is -1.96. The van der Waals surface area contributed by atoms with E-state index in [-0.39, 0.29) is 17.2 Å². The number of carbonyl (C=O) groups is 1. The van der Waals surface area contributed by atoms with Gasteiger partial charge >= 0.3 is 5.97 Å². The Bertz CT molecular complexity index is 239. The Labute approximate surface area is 71.1 Å². The third-order valence-electron chi connectivity index (χ3n) is 2.59. The first-order chi connectivity index (χ1) is 5.37. The highest BCUT2D eigenvalue weighted by Crippen LogP contribution is 2.59. The standard InChI is InChI=1S/C9H13FO2/c1-5(10)4-6-7(8(11)12)9(6,2)3/h4,6-7H,1-3H3,(H,11,12)/b5-4-. The van der Waals surface area contributed by atoms with Crippen LogP contribution >= 0.6 is 0 Å². The topological polar surface area (TPSA) is 37.3 Å². The van der Waals surface area contributed by atoms with Crippen LogP contribution in [0.25, 0.3) is 0 Å². The van der Waals surface area contributed by atoms with Crippen molar-refractivity contribution in [2.24, 2.45) is 17.3 Å². The van der Waals surface area contributed by atoms with Gasteiger partial charge in [-0.3, -0.25) is 4.79 Å². The lowest BCUT2D eigenvalue weighted by Crippen LogP contribution is -2.02. The van der Waals surface area contributed by atoms with Gasteiger partial charge in [0.1, 0.15) is 0 Å². The van der Waals surface area contributed by atoms with Gasteiger partial charge in [0.2, 0.25) is 0 Å². The summed E-state index contributed by atoms with van der Waals surface area (Å²) in [6, 6.07) is 0. The molecule has 1 fully saturated rings. The molecule has 2 atom stereocenters. The molecule has 2 unspecified atom stereocenters. The zero-order valence-electron chi connectivity index (χ0n) is 7.47. The fourth-order valence-corrected chi connectivity index (χ4v) is 1.71. The summed E-state index contributed by atoms with van der Waals surface area (Å²) in [5, 5.41) is 8.72. The van der Waals surface area contributed by atoms with Crippen LogP contribution in [0.2, 0.25) is 0 Å². The second-order valence-electron chi connectivity index (χ2n) is 3.92. The van der Waals surface area contributed by atoms with Crippen molar-refractivity contribution in [3.05, 3.63) is 11.9 Å². The van der Waals surface area contributed by atoms with E-state index in [0.717, 1.165) is 0 Å². The summed E-state index contributed by atoms with van der Waals surface area (Å²) in [5.74, 6) is -1.68. The average molecular weight is 172 g/mol. The third-order valence-corrected chi connectivity index (χ3v) is 2.59. The minimum Gasteiger partial charge on any atom is -0.481 e. The fraction of sp³-hybridized carbons (Fsp3) is 0.667. The quantitative estimate of drug-likeness (QED) is 0.693. The number of aliphatic carboxylic acids is 1. The summed E-state index contributed by atoms with van der Waals surface area (Å²) in [4.78, 5) is 10.6. The summed E-state index contributed by atoms with van der Waals surface area (Å²) in [6.07, 6.45) is 1.40. The van der Waals surface area contributed by atoms with Gasteiger partial charge in [0, 0.05) is 0 Å². The van der Waals surface area contributed by atoms with Crippen LogP contribution in [-0.4, -0.2) is 11.1 Å². The summed E-state index contributed by atoms with van der Waals surface area (Å²) >= 11 is 0. The third kappa shape index (κ3) is 1.36. The van der Waals surface area contributed by atoms with Crippen LogP contribution in [0, 0.1) is 17.3 Å². The molecule has 1 saturated carbocycles. The predicted molar refractivity (Wildman–Crippen MR) is 43.3 cm³/mol. The van der Waals surface area contributed by atoms with Gasteiger partial charge in [0.15, 0.2) is 0 Å². The number of carboxylic acids is 1. The summed E-state index contributed by atoms with van der Waals surface area (Å²) < 4.78 is 12.4. The van der Waals surface area contributed by atoms with Gasteiger partial charge in [-0.05, 0) is 24.3 Å². The molecule has 0 aromatic carbocycles. The van der Waals surface area contributed by atoms with E-state index in [2.05, 4.69) is 0 Å². The Hall–Kier alpha value is -0.860. The van der Waals surface area contributed by atoms with Crippen molar-refractivity contribution in [1.82, 2.24) is 0 Å². The minimum absolute atomic E-state index is 0.139. The van der Waals surface area contributed by atoms with Crippen LogP contribution in [0.15, 0.2) is 11.9 Å². The molecule has 0 amide bonds. The highest BCUT2D eigenvalue weighted by molar-refractivity contribution is 5.76. The van der Waals surface area contributed by atoms with Crippen molar-refractivity contribution in [2.75, 3.05) is 0 Å². The van der Waals surface area contributed by atoms with Crippen LogP contribution in [0.1, 0.15) is 20.8 Å². The number of allylic oxidation sites excluding steroid dienone is 2. The molecule has 12 heavy (non-hydrogen) atoms. The highest BCUT2D eigenvalue weighted by atomic mass is 19.1. The van der Waals surface area contributed by atoms with E-state index in [1.165, 1.54) is 13.0 Å². The zero-order valence-corrected chi connectivity index (χ0v) is 7.47. The van der Waals surface area contributed by atoms with Gasteiger partial charge in [-0.2, -0.15) is 0 Å². The van der Waals surface area contributed by atoms with E-state index in [9.17, 15) is 9.18 Å². The van der Waals surface area contributed by atoms with Gasteiger partial charge in [-0.25, -0.2) is 4.39 Å². The molecule has 0 bridgehead atoms.